The molecule has 3 rings (SSSR count). The van der Waals surface area contributed by atoms with Gasteiger partial charge in [-0.1, -0.05) is 6.07 Å². The number of alkyl halides is 3. The standard InChI is InChI=1S/C22H29F3N4O/c23-22(24,25)18-2-1-3-20(16-18)29-14-12-28(13-15-29)11-9-17-4-6-19(7-5-17)27-21(30)8-10-26/h1-3,16-17,19H,4-9,11-15H2,(H,27,30)/t17-,19-. The molecule has 1 N–H and O–H groups in total. The van der Waals surface area contributed by atoms with E-state index >= 15 is 0 Å². The van der Waals surface area contributed by atoms with E-state index in [-0.39, 0.29) is 18.4 Å². The molecule has 0 spiro atoms. The molecule has 0 atom stereocenters. The van der Waals surface area contributed by atoms with Gasteiger partial charge in [0, 0.05) is 37.9 Å². The highest BCUT2D eigenvalue weighted by Crippen LogP contribution is 2.32. The van der Waals surface area contributed by atoms with Gasteiger partial charge >= 0.3 is 6.18 Å². The Morgan fingerprint density at radius 1 is 1.13 bits per heavy atom. The zero-order valence-electron chi connectivity index (χ0n) is 17.1. The minimum Gasteiger partial charge on any atom is -0.369 e. The normalized spacial score (nSPS) is 23.1. The van der Waals surface area contributed by atoms with E-state index < -0.39 is 11.7 Å². The van der Waals surface area contributed by atoms with Crippen molar-refractivity contribution < 1.29 is 18.0 Å². The number of nitrogens with zero attached hydrogens (tertiary/aromatic N) is 3. The van der Waals surface area contributed by atoms with E-state index in [1.807, 2.05) is 11.0 Å². The number of rotatable bonds is 6. The molecule has 1 heterocycles. The summed E-state index contributed by atoms with van der Waals surface area (Å²) in [6, 6.07) is 7.65. The first-order valence-corrected chi connectivity index (χ1v) is 10.7. The Labute approximate surface area is 175 Å². The molecule has 2 fully saturated rings. The highest BCUT2D eigenvalue weighted by atomic mass is 19.4. The molecule has 1 aliphatic heterocycles. The van der Waals surface area contributed by atoms with Gasteiger partial charge in [-0.05, 0) is 62.8 Å². The number of halogens is 3. The average molecular weight is 422 g/mol. The van der Waals surface area contributed by atoms with E-state index in [2.05, 4.69) is 10.2 Å². The van der Waals surface area contributed by atoms with Gasteiger partial charge in [-0.25, -0.2) is 0 Å². The maximum absolute atomic E-state index is 12.9. The van der Waals surface area contributed by atoms with E-state index in [0.29, 0.717) is 11.6 Å². The monoisotopic (exact) mass is 422 g/mol. The molecule has 0 radical (unpaired) electrons. The maximum Gasteiger partial charge on any atom is 0.416 e. The van der Waals surface area contributed by atoms with Crippen LogP contribution in [0.3, 0.4) is 0 Å². The van der Waals surface area contributed by atoms with Gasteiger partial charge in [0.25, 0.3) is 0 Å². The molecule has 1 saturated carbocycles. The van der Waals surface area contributed by atoms with Gasteiger partial charge in [-0.2, -0.15) is 18.4 Å². The molecule has 164 valence electrons. The fourth-order valence-corrected chi connectivity index (χ4v) is 4.42. The van der Waals surface area contributed by atoms with Crippen LogP contribution in [-0.4, -0.2) is 49.6 Å². The second kappa shape index (κ2) is 10.2. The van der Waals surface area contributed by atoms with Crippen LogP contribution in [0.15, 0.2) is 24.3 Å². The summed E-state index contributed by atoms with van der Waals surface area (Å²) in [6.45, 7) is 4.19. The van der Waals surface area contributed by atoms with Crippen molar-refractivity contribution in [1.82, 2.24) is 10.2 Å². The van der Waals surface area contributed by atoms with E-state index in [1.54, 1.807) is 6.07 Å². The van der Waals surface area contributed by atoms with Gasteiger partial charge in [0.1, 0.15) is 6.42 Å². The average Bonchev–Trinajstić information content (AvgIpc) is 2.73. The number of anilines is 1. The lowest BCUT2D eigenvalue weighted by molar-refractivity contribution is -0.137. The van der Waals surface area contributed by atoms with Gasteiger partial charge in [0.05, 0.1) is 11.6 Å². The Morgan fingerprint density at radius 2 is 1.83 bits per heavy atom. The predicted octanol–water partition coefficient (Wildman–Crippen LogP) is 3.81. The molecule has 8 heteroatoms. The van der Waals surface area contributed by atoms with Crippen molar-refractivity contribution in [2.75, 3.05) is 37.6 Å². The largest absolute Gasteiger partial charge is 0.416 e. The van der Waals surface area contributed by atoms with Crippen LogP contribution in [-0.2, 0) is 11.0 Å². The van der Waals surface area contributed by atoms with Crippen molar-refractivity contribution in [3.63, 3.8) is 0 Å². The molecule has 1 aromatic carbocycles. The third kappa shape index (κ3) is 6.36. The van der Waals surface area contributed by atoms with Gasteiger partial charge in [0.15, 0.2) is 0 Å². The van der Waals surface area contributed by atoms with E-state index in [1.165, 1.54) is 12.1 Å². The highest BCUT2D eigenvalue weighted by molar-refractivity contribution is 5.78. The van der Waals surface area contributed by atoms with Crippen molar-refractivity contribution in [3.05, 3.63) is 29.8 Å². The number of piperazine rings is 1. The van der Waals surface area contributed by atoms with E-state index in [9.17, 15) is 18.0 Å². The molecule has 1 saturated heterocycles. The first-order valence-electron chi connectivity index (χ1n) is 10.7. The summed E-state index contributed by atoms with van der Waals surface area (Å²) in [5.41, 5.74) is 0.0445. The van der Waals surface area contributed by atoms with Crippen LogP contribution >= 0.6 is 0 Å². The molecule has 1 aromatic rings. The molecule has 1 aliphatic carbocycles. The van der Waals surface area contributed by atoms with Gasteiger partial charge in [0.2, 0.25) is 5.91 Å². The Balaban J connectivity index is 1.37. The Bertz CT molecular complexity index is 745. The molecule has 0 aromatic heterocycles. The highest BCUT2D eigenvalue weighted by Gasteiger charge is 2.31. The molecule has 0 unspecified atom stereocenters. The van der Waals surface area contributed by atoms with Gasteiger partial charge in [-0.3, -0.25) is 9.69 Å². The van der Waals surface area contributed by atoms with E-state index in [4.69, 9.17) is 5.26 Å². The smallest absolute Gasteiger partial charge is 0.369 e. The summed E-state index contributed by atoms with van der Waals surface area (Å²) in [4.78, 5) is 15.9. The van der Waals surface area contributed by atoms with Gasteiger partial charge in [-0.15, -0.1) is 0 Å². The second-order valence-corrected chi connectivity index (χ2v) is 8.29. The first kappa shape index (κ1) is 22.4. The fourth-order valence-electron chi connectivity index (χ4n) is 4.42. The number of amides is 1. The Morgan fingerprint density at radius 3 is 2.47 bits per heavy atom. The SMILES string of the molecule is N#CCC(=O)N[C@H]1CC[C@H](CCN2CCN(c3cccc(C(F)(F)F)c3)CC2)CC1. The molecule has 0 bridgehead atoms. The zero-order valence-corrected chi connectivity index (χ0v) is 17.1. The van der Waals surface area contributed by atoms with Crippen LogP contribution in [0.4, 0.5) is 18.9 Å². The lowest BCUT2D eigenvalue weighted by Gasteiger charge is -2.37. The molecular weight excluding hydrogens is 393 g/mol. The number of hydrogen-bond donors (Lipinski definition) is 1. The minimum absolute atomic E-state index is 0.0770. The van der Waals surface area contributed by atoms with Crippen molar-refractivity contribution in [3.8, 4) is 6.07 Å². The Hall–Kier alpha value is -2.27. The second-order valence-electron chi connectivity index (χ2n) is 8.29. The van der Waals surface area contributed by atoms with Crippen molar-refractivity contribution in [2.45, 2.75) is 50.7 Å². The van der Waals surface area contributed by atoms with Crippen LogP contribution in [0, 0.1) is 17.2 Å². The van der Waals surface area contributed by atoms with Crippen LogP contribution < -0.4 is 10.2 Å². The van der Waals surface area contributed by atoms with E-state index in [0.717, 1.165) is 70.9 Å². The van der Waals surface area contributed by atoms with Crippen molar-refractivity contribution in [1.29, 1.82) is 5.26 Å². The van der Waals surface area contributed by atoms with Crippen molar-refractivity contribution >= 4 is 11.6 Å². The van der Waals surface area contributed by atoms with Gasteiger partial charge < -0.3 is 10.2 Å². The lowest BCUT2D eigenvalue weighted by atomic mass is 9.84. The number of nitriles is 1. The molecule has 2 aliphatic rings. The lowest BCUT2D eigenvalue weighted by Crippen LogP contribution is -2.47. The summed E-state index contributed by atoms with van der Waals surface area (Å²) >= 11 is 0. The van der Waals surface area contributed by atoms with Crippen LogP contribution in [0.5, 0.6) is 0 Å². The minimum atomic E-state index is -4.31. The topological polar surface area (TPSA) is 59.4 Å². The van der Waals surface area contributed by atoms with Crippen LogP contribution in [0.1, 0.15) is 44.1 Å². The first-order chi connectivity index (χ1) is 14.3. The number of benzene rings is 1. The number of carbonyl (C=O) groups excluding carboxylic acids is 1. The molecule has 30 heavy (non-hydrogen) atoms. The Kier molecular flexibility index (Phi) is 7.59. The third-order valence-electron chi connectivity index (χ3n) is 6.22. The van der Waals surface area contributed by atoms with Crippen LogP contribution in [0.2, 0.25) is 0 Å². The predicted molar refractivity (Wildman–Crippen MR) is 109 cm³/mol. The number of carbonyl (C=O) groups is 1. The fraction of sp³-hybridized carbons (Fsp3) is 0.636. The summed E-state index contributed by atoms with van der Waals surface area (Å²) in [5.74, 6) is 0.468. The molecule has 5 nitrogen and oxygen atoms in total. The summed E-state index contributed by atoms with van der Waals surface area (Å²) in [7, 11) is 0. The maximum atomic E-state index is 12.9. The third-order valence-corrected chi connectivity index (χ3v) is 6.22. The van der Waals surface area contributed by atoms with Crippen LogP contribution in [0.25, 0.3) is 0 Å². The number of hydrogen-bond acceptors (Lipinski definition) is 4. The molecule has 1 amide bonds. The summed E-state index contributed by atoms with van der Waals surface area (Å²) in [5, 5.41) is 11.5. The number of nitrogens with one attached hydrogen (secondary N) is 1. The zero-order chi connectivity index (χ0) is 21.6. The molecular formula is C22H29F3N4O. The summed E-state index contributed by atoms with van der Waals surface area (Å²) < 4.78 is 38.8. The quantitative estimate of drug-likeness (QED) is 0.758. The summed E-state index contributed by atoms with van der Waals surface area (Å²) in [6.07, 6.45) is 0.823. The van der Waals surface area contributed by atoms with Crippen molar-refractivity contribution in [2.24, 2.45) is 5.92 Å².